The van der Waals surface area contributed by atoms with Crippen molar-refractivity contribution in [3.05, 3.63) is 12.3 Å². The molecule has 68 valence electrons. The van der Waals surface area contributed by atoms with E-state index >= 15 is 0 Å². The molecule has 0 aromatic heterocycles. The van der Waals surface area contributed by atoms with E-state index in [1.807, 2.05) is 6.08 Å². The molecule has 0 saturated heterocycles. The quantitative estimate of drug-likeness (QED) is 0.647. The first kappa shape index (κ1) is 8.11. The third-order valence-corrected chi connectivity index (χ3v) is 3.11. The van der Waals surface area contributed by atoms with Gasteiger partial charge in [0.1, 0.15) is 0 Å². The topological polar surface area (TPSA) is 29.5 Å². The molecule has 0 bridgehead atoms. The summed E-state index contributed by atoms with van der Waals surface area (Å²) in [7, 11) is 0. The summed E-state index contributed by atoms with van der Waals surface area (Å²) < 4.78 is 5.11. The molecule has 2 rings (SSSR count). The zero-order valence-corrected chi connectivity index (χ0v) is 7.33. The van der Waals surface area contributed by atoms with Crippen LogP contribution in [0.4, 0.5) is 0 Å². The highest BCUT2D eigenvalue weighted by atomic mass is 16.5. The maximum absolute atomic E-state index is 10.2. The first-order valence-corrected chi connectivity index (χ1v) is 4.82. The maximum atomic E-state index is 10.2. The minimum absolute atomic E-state index is 0.341. The van der Waals surface area contributed by atoms with Crippen LogP contribution in [0.25, 0.3) is 0 Å². The molecule has 0 spiro atoms. The minimum atomic E-state index is -0.402. The van der Waals surface area contributed by atoms with Crippen molar-refractivity contribution in [1.29, 1.82) is 0 Å². The van der Waals surface area contributed by atoms with E-state index < -0.39 is 5.60 Å². The summed E-state index contributed by atoms with van der Waals surface area (Å²) in [5.41, 5.74) is -0.402. The van der Waals surface area contributed by atoms with Crippen molar-refractivity contribution in [3.8, 4) is 0 Å². The average molecular weight is 168 g/mol. The molecule has 1 saturated carbocycles. The molecule has 0 aromatic carbocycles. The smallest absolute Gasteiger partial charge is 0.0879 e. The summed E-state index contributed by atoms with van der Waals surface area (Å²) in [6.45, 7) is 0.767. The highest BCUT2D eigenvalue weighted by Gasteiger charge is 2.38. The van der Waals surface area contributed by atoms with Crippen LogP contribution >= 0.6 is 0 Å². The molecule has 0 unspecified atom stereocenters. The van der Waals surface area contributed by atoms with E-state index in [0.29, 0.717) is 5.92 Å². The van der Waals surface area contributed by atoms with Crippen LogP contribution in [0.15, 0.2) is 12.3 Å². The Morgan fingerprint density at radius 1 is 1.33 bits per heavy atom. The first-order valence-electron chi connectivity index (χ1n) is 4.82. The van der Waals surface area contributed by atoms with Gasteiger partial charge in [0, 0.05) is 5.92 Å². The summed E-state index contributed by atoms with van der Waals surface area (Å²) in [5.74, 6) is 0.341. The SMILES string of the molecule is OC1([C@H]2C=COCC2)CCCC1. The Balaban J connectivity index is 2.05. The molecule has 2 nitrogen and oxygen atoms in total. The standard InChI is InChI=1S/C10H16O2/c11-10(5-1-2-6-10)9-3-7-12-8-4-9/h3,7,9,11H,1-2,4-6,8H2/t9-/m0/s1. The predicted molar refractivity (Wildman–Crippen MR) is 46.6 cm³/mol. The summed E-state index contributed by atoms with van der Waals surface area (Å²) >= 11 is 0. The van der Waals surface area contributed by atoms with Gasteiger partial charge in [0.05, 0.1) is 18.5 Å². The number of hydrogen-bond acceptors (Lipinski definition) is 2. The van der Waals surface area contributed by atoms with E-state index in [2.05, 4.69) is 0 Å². The second-order valence-corrected chi connectivity index (χ2v) is 3.91. The molecular formula is C10H16O2. The summed E-state index contributed by atoms with van der Waals surface area (Å²) in [4.78, 5) is 0. The molecule has 0 radical (unpaired) electrons. The molecule has 1 N–H and O–H groups in total. The van der Waals surface area contributed by atoms with Gasteiger partial charge in [0.15, 0.2) is 0 Å². The highest BCUT2D eigenvalue weighted by Crippen LogP contribution is 2.38. The molecule has 0 amide bonds. The molecule has 2 heteroatoms. The second kappa shape index (κ2) is 3.09. The zero-order valence-electron chi connectivity index (χ0n) is 7.33. The molecule has 0 aromatic rings. The van der Waals surface area contributed by atoms with E-state index in [1.165, 1.54) is 12.8 Å². The largest absolute Gasteiger partial charge is 0.501 e. The molecule has 2 aliphatic rings. The van der Waals surface area contributed by atoms with E-state index in [9.17, 15) is 5.11 Å². The maximum Gasteiger partial charge on any atom is 0.0879 e. The average Bonchev–Trinajstić information content (AvgIpc) is 2.55. The van der Waals surface area contributed by atoms with Crippen molar-refractivity contribution in [2.75, 3.05) is 6.61 Å². The molecule has 1 aliphatic carbocycles. The van der Waals surface area contributed by atoms with Crippen LogP contribution in [0.5, 0.6) is 0 Å². The fourth-order valence-corrected chi connectivity index (χ4v) is 2.32. The molecule has 12 heavy (non-hydrogen) atoms. The lowest BCUT2D eigenvalue weighted by atomic mass is 9.83. The van der Waals surface area contributed by atoms with Crippen LogP contribution in [0, 0.1) is 5.92 Å². The Kier molecular flexibility index (Phi) is 2.09. The van der Waals surface area contributed by atoms with E-state index in [4.69, 9.17) is 4.74 Å². The Bertz CT molecular complexity index is 180. The summed E-state index contributed by atoms with van der Waals surface area (Å²) in [6.07, 6.45) is 9.06. The van der Waals surface area contributed by atoms with Crippen LogP contribution in [-0.4, -0.2) is 17.3 Å². The minimum Gasteiger partial charge on any atom is -0.501 e. The third kappa shape index (κ3) is 1.36. The Hall–Kier alpha value is -0.500. The van der Waals surface area contributed by atoms with Gasteiger partial charge >= 0.3 is 0 Å². The molecule has 1 atom stereocenters. The lowest BCUT2D eigenvalue weighted by Crippen LogP contribution is -2.35. The van der Waals surface area contributed by atoms with Crippen molar-refractivity contribution in [2.24, 2.45) is 5.92 Å². The van der Waals surface area contributed by atoms with E-state index in [1.54, 1.807) is 6.26 Å². The van der Waals surface area contributed by atoms with Crippen molar-refractivity contribution >= 4 is 0 Å². The molecule has 1 aliphatic heterocycles. The van der Waals surface area contributed by atoms with Gasteiger partial charge in [-0.2, -0.15) is 0 Å². The number of rotatable bonds is 1. The van der Waals surface area contributed by atoms with Crippen LogP contribution in [0.3, 0.4) is 0 Å². The van der Waals surface area contributed by atoms with E-state index in [-0.39, 0.29) is 0 Å². The van der Waals surface area contributed by atoms with Crippen molar-refractivity contribution in [3.63, 3.8) is 0 Å². The van der Waals surface area contributed by atoms with Gasteiger partial charge in [-0.15, -0.1) is 0 Å². The van der Waals surface area contributed by atoms with Gasteiger partial charge in [0.2, 0.25) is 0 Å². The predicted octanol–water partition coefficient (Wildman–Crippen LogP) is 1.84. The zero-order chi connectivity index (χ0) is 8.44. The van der Waals surface area contributed by atoms with Gasteiger partial charge in [-0.25, -0.2) is 0 Å². The van der Waals surface area contributed by atoms with Crippen molar-refractivity contribution in [2.45, 2.75) is 37.7 Å². The van der Waals surface area contributed by atoms with Gasteiger partial charge in [-0.05, 0) is 25.3 Å². The second-order valence-electron chi connectivity index (χ2n) is 3.91. The Morgan fingerprint density at radius 3 is 2.67 bits per heavy atom. The molecular weight excluding hydrogens is 152 g/mol. The van der Waals surface area contributed by atoms with Gasteiger partial charge in [-0.3, -0.25) is 0 Å². The third-order valence-electron chi connectivity index (χ3n) is 3.11. The fourth-order valence-electron chi connectivity index (χ4n) is 2.32. The monoisotopic (exact) mass is 168 g/mol. The van der Waals surface area contributed by atoms with Gasteiger partial charge in [-0.1, -0.05) is 12.8 Å². The van der Waals surface area contributed by atoms with Gasteiger partial charge < -0.3 is 9.84 Å². The lowest BCUT2D eigenvalue weighted by molar-refractivity contribution is -0.00974. The number of hydrogen-bond donors (Lipinski definition) is 1. The van der Waals surface area contributed by atoms with Crippen molar-refractivity contribution < 1.29 is 9.84 Å². The number of aliphatic hydroxyl groups is 1. The Labute approximate surface area is 73.2 Å². The van der Waals surface area contributed by atoms with Crippen LogP contribution in [-0.2, 0) is 4.74 Å². The lowest BCUT2D eigenvalue weighted by Gasteiger charge is -2.32. The van der Waals surface area contributed by atoms with E-state index in [0.717, 1.165) is 25.9 Å². The summed E-state index contributed by atoms with van der Waals surface area (Å²) in [6, 6.07) is 0. The first-order chi connectivity index (χ1) is 5.81. The van der Waals surface area contributed by atoms with Crippen LogP contribution < -0.4 is 0 Å². The van der Waals surface area contributed by atoms with Crippen LogP contribution in [0.2, 0.25) is 0 Å². The number of ether oxygens (including phenoxy) is 1. The van der Waals surface area contributed by atoms with Crippen molar-refractivity contribution in [1.82, 2.24) is 0 Å². The normalized spacial score (nSPS) is 33.2. The fraction of sp³-hybridized carbons (Fsp3) is 0.800. The molecule has 1 heterocycles. The summed E-state index contributed by atoms with van der Waals surface area (Å²) in [5, 5.41) is 10.2. The molecule has 1 fully saturated rings. The highest BCUT2D eigenvalue weighted by molar-refractivity contribution is 5.01. The van der Waals surface area contributed by atoms with Crippen LogP contribution in [0.1, 0.15) is 32.1 Å². The Morgan fingerprint density at radius 2 is 2.08 bits per heavy atom. The van der Waals surface area contributed by atoms with Gasteiger partial charge in [0.25, 0.3) is 0 Å².